The highest BCUT2D eigenvalue weighted by molar-refractivity contribution is 5.79. The predicted octanol–water partition coefficient (Wildman–Crippen LogP) is 3.07. The SMILES string of the molecule is CC(C(=O)N1CCN(c2ccc([N+](=O)[O-])cc2)CC1)C1CCCC1. The number of amides is 1. The second-order valence-electron chi connectivity index (χ2n) is 6.92. The van der Waals surface area contributed by atoms with E-state index in [1.165, 1.54) is 37.8 Å². The minimum Gasteiger partial charge on any atom is -0.368 e. The molecule has 130 valence electrons. The third kappa shape index (κ3) is 3.52. The first kappa shape index (κ1) is 16.7. The van der Waals surface area contributed by atoms with Crippen LogP contribution in [0.1, 0.15) is 32.6 Å². The molecule has 0 aromatic heterocycles. The van der Waals surface area contributed by atoms with E-state index < -0.39 is 0 Å². The predicted molar refractivity (Wildman–Crippen MR) is 93.0 cm³/mol. The minimum atomic E-state index is -0.384. The van der Waals surface area contributed by atoms with Gasteiger partial charge >= 0.3 is 0 Å². The van der Waals surface area contributed by atoms with Crippen LogP contribution in [0, 0.1) is 22.0 Å². The van der Waals surface area contributed by atoms with Crippen LogP contribution in [-0.2, 0) is 4.79 Å². The lowest BCUT2D eigenvalue weighted by Gasteiger charge is -2.38. The number of piperazine rings is 1. The molecule has 1 unspecified atom stereocenters. The lowest BCUT2D eigenvalue weighted by molar-refractivity contribution is -0.384. The second-order valence-corrected chi connectivity index (χ2v) is 6.92. The number of hydrogen-bond acceptors (Lipinski definition) is 4. The zero-order valence-electron chi connectivity index (χ0n) is 14.2. The van der Waals surface area contributed by atoms with Gasteiger partial charge in [-0.15, -0.1) is 0 Å². The number of nitro groups is 1. The number of carbonyl (C=O) groups is 1. The van der Waals surface area contributed by atoms with Gasteiger partial charge in [0, 0.05) is 49.9 Å². The summed E-state index contributed by atoms with van der Waals surface area (Å²) in [7, 11) is 0. The Morgan fingerprint density at radius 2 is 1.71 bits per heavy atom. The number of benzene rings is 1. The van der Waals surface area contributed by atoms with Crippen molar-refractivity contribution in [3.8, 4) is 0 Å². The van der Waals surface area contributed by atoms with Crippen molar-refractivity contribution < 1.29 is 9.72 Å². The topological polar surface area (TPSA) is 66.7 Å². The van der Waals surface area contributed by atoms with Crippen LogP contribution < -0.4 is 4.90 Å². The molecule has 1 saturated heterocycles. The fourth-order valence-corrected chi connectivity index (χ4v) is 3.92. The summed E-state index contributed by atoms with van der Waals surface area (Å²) in [6, 6.07) is 6.65. The Hall–Kier alpha value is -2.11. The van der Waals surface area contributed by atoms with Crippen LogP contribution in [0.15, 0.2) is 24.3 Å². The monoisotopic (exact) mass is 331 g/mol. The van der Waals surface area contributed by atoms with E-state index in [4.69, 9.17) is 0 Å². The van der Waals surface area contributed by atoms with E-state index in [0.29, 0.717) is 11.8 Å². The summed E-state index contributed by atoms with van der Waals surface area (Å²) in [5, 5.41) is 10.7. The third-order valence-corrected chi connectivity index (χ3v) is 5.51. The summed E-state index contributed by atoms with van der Waals surface area (Å²) >= 11 is 0. The average molecular weight is 331 g/mol. The van der Waals surface area contributed by atoms with E-state index in [9.17, 15) is 14.9 Å². The van der Waals surface area contributed by atoms with Gasteiger partial charge in [0.1, 0.15) is 0 Å². The molecule has 6 nitrogen and oxygen atoms in total. The van der Waals surface area contributed by atoms with Gasteiger partial charge in [-0.2, -0.15) is 0 Å². The average Bonchev–Trinajstić information content (AvgIpc) is 3.15. The first-order chi connectivity index (χ1) is 11.6. The Morgan fingerprint density at radius 3 is 2.25 bits per heavy atom. The normalized spacial score (nSPS) is 20.2. The Balaban J connectivity index is 1.55. The molecule has 6 heteroatoms. The lowest BCUT2D eigenvalue weighted by Crippen LogP contribution is -2.50. The summed E-state index contributed by atoms with van der Waals surface area (Å²) in [4.78, 5) is 27.2. The van der Waals surface area contributed by atoms with Crippen molar-refractivity contribution in [3.63, 3.8) is 0 Å². The highest BCUT2D eigenvalue weighted by atomic mass is 16.6. The smallest absolute Gasteiger partial charge is 0.269 e. The van der Waals surface area contributed by atoms with Gasteiger partial charge in [0.2, 0.25) is 5.91 Å². The standard InChI is InChI=1S/C18H25N3O3/c1-14(15-4-2-3-5-15)18(22)20-12-10-19(11-13-20)16-6-8-17(9-7-16)21(23)24/h6-9,14-15H,2-5,10-13H2,1H3. The van der Waals surface area contributed by atoms with Crippen LogP contribution in [0.2, 0.25) is 0 Å². The molecule has 24 heavy (non-hydrogen) atoms. The van der Waals surface area contributed by atoms with Crippen LogP contribution in [-0.4, -0.2) is 41.9 Å². The summed E-state index contributed by atoms with van der Waals surface area (Å²) in [6.45, 7) is 5.10. The molecule has 2 aliphatic rings. The molecule has 1 aromatic rings. The Bertz CT molecular complexity index is 588. The Kier molecular flexibility index (Phi) is 5.02. The number of rotatable bonds is 4. The Labute approximate surface area is 142 Å². The molecule has 1 amide bonds. The summed E-state index contributed by atoms with van der Waals surface area (Å²) in [6.07, 6.45) is 4.90. The number of non-ortho nitro benzene ring substituents is 1. The molecule has 1 aliphatic carbocycles. The second kappa shape index (κ2) is 7.20. The molecule has 1 saturated carbocycles. The molecule has 0 spiro atoms. The molecule has 0 bridgehead atoms. The van der Waals surface area contributed by atoms with Gasteiger partial charge < -0.3 is 9.80 Å². The minimum absolute atomic E-state index is 0.109. The van der Waals surface area contributed by atoms with E-state index in [0.717, 1.165) is 31.9 Å². The number of anilines is 1. The number of nitro benzene ring substituents is 1. The summed E-state index contributed by atoms with van der Waals surface area (Å²) in [5.41, 5.74) is 1.09. The maximum atomic E-state index is 12.7. The van der Waals surface area contributed by atoms with Gasteiger partial charge in [-0.1, -0.05) is 19.8 Å². The van der Waals surface area contributed by atoms with Gasteiger partial charge in [-0.25, -0.2) is 0 Å². The van der Waals surface area contributed by atoms with E-state index in [1.54, 1.807) is 12.1 Å². The highest BCUT2D eigenvalue weighted by Gasteiger charge is 2.31. The van der Waals surface area contributed by atoms with Crippen LogP contribution in [0.25, 0.3) is 0 Å². The fraction of sp³-hybridized carbons (Fsp3) is 0.611. The summed E-state index contributed by atoms with van der Waals surface area (Å²) in [5.74, 6) is 0.994. The number of carbonyl (C=O) groups excluding carboxylic acids is 1. The summed E-state index contributed by atoms with van der Waals surface area (Å²) < 4.78 is 0. The molecule has 2 fully saturated rings. The third-order valence-electron chi connectivity index (χ3n) is 5.51. The molecule has 1 atom stereocenters. The zero-order chi connectivity index (χ0) is 17.1. The van der Waals surface area contributed by atoms with Crippen molar-refractivity contribution in [2.45, 2.75) is 32.6 Å². The quantitative estimate of drug-likeness (QED) is 0.628. The Morgan fingerprint density at radius 1 is 1.12 bits per heavy atom. The zero-order valence-corrected chi connectivity index (χ0v) is 14.2. The van der Waals surface area contributed by atoms with Gasteiger partial charge in [-0.3, -0.25) is 14.9 Å². The number of nitrogens with zero attached hydrogens (tertiary/aromatic N) is 3. The van der Waals surface area contributed by atoms with Crippen molar-refractivity contribution >= 4 is 17.3 Å². The van der Waals surface area contributed by atoms with Crippen molar-refractivity contribution in [2.75, 3.05) is 31.1 Å². The number of hydrogen-bond donors (Lipinski definition) is 0. The largest absolute Gasteiger partial charge is 0.368 e. The fourth-order valence-electron chi connectivity index (χ4n) is 3.92. The van der Waals surface area contributed by atoms with Crippen molar-refractivity contribution in [1.82, 2.24) is 4.90 Å². The van der Waals surface area contributed by atoms with Gasteiger partial charge in [0.25, 0.3) is 5.69 Å². The molecule has 1 heterocycles. The molecular weight excluding hydrogens is 306 g/mol. The molecule has 0 radical (unpaired) electrons. The molecule has 3 rings (SSSR count). The lowest BCUT2D eigenvalue weighted by atomic mass is 9.91. The van der Waals surface area contributed by atoms with Crippen molar-refractivity contribution in [2.24, 2.45) is 11.8 Å². The van der Waals surface area contributed by atoms with E-state index in [2.05, 4.69) is 11.8 Å². The molecule has 0 N–H and O–H groups in total. The maximum absolute atomic E-state index is 12.7. The van der Waals surface area contributed by atoms with E-state index >= 15 is 0 Å². The maximum Gasteiger partial charge on any atom is 0.269 e. The molecule has 1 aromatic carbocycles. The van der Waals surface area contributed by atoms with Gasteiger partial charge in [0.05, 0.1) is 4.92 Å². The van der Waals surface area contributed by atoms with Crippen LogP contribution >= 0.6 is 0 Å². The van der Waals surface area contributed by atoms with Gasteiger partial charge in [-0.05, 0) is 30.9 Å². The van der Waals surface area contributed by atoms with E-state index in [-0.39, 0.29) is 16.5 Å². The van der Waals surface area contributed by atoms with Crippen LogP contribution in [0.5, 0.6) is 0 Å². The first-order valence-electron chi connectivity index (χ1n) is 8.84. The van der Waals surface area contributed by atoms with Crippen LogP contribution in [0.4, 0.5) is 11.4 Å². The molecule has 1 aliphatic heterocycles. The van der Waals surface area contributed by atoms with Gasteiger partial charge in [0.15, 0.2) is 0 Å². The first-order valence-corrected chi connectivity index (χ1v) is 8.84. The highest BCUT2D eigenvalue weighted by Crippen LogP contribution is 2.32. The van der Waals surface area contributed by atoms with Crippen molar-refractivity contribution in [3.05, 3.63) is 34.4 Å². The van der Waals surface area contributed by atoms with Crippen LogP contribution in [0.3, 0.4) is 0 Å². The molecular formula is C18H25N3O3. The van der Waals surface area contributed by atoms with E-state index in [1.807, 2.05) is 4.90 Å². The van der Waals surface area contributed by atoms with Crippen molar-refractivity contribution in [1.29, 1.82) is 0 Å².